The number of halogens is 1. The minimum absolute atomic E-state index is 0.108. The molecule has 0 radical (unpaired) electrons. The van der Waals surface area contributed by atoms with Crippen LogP contribution in [0.2, 0.25) is 0 Å². The molecule has 3 heterocycles. The molecule has 0 saturated heterocycles. The second-order valence-electron chi connectivity index (χ2n) is 5.25. The third-order valence-electron chi connectivity index (χ3n) is 3.61. The zero-order valence-electron chi connectivity index (χ0n) is 12.5. The van der Waals surface area contributed by atoms with E-state index in [1.54, 1.807) is 40.1 Å². The lowest BCUT2D eigenvalue weighted by Crippen LogP contribution is -2.07. The molecule has 0 amide bonds. The summed E-state index contributed by atoms with van der Waals surface area (Å²) in [5.41, 5.74) is 12.7. The molecule has 0 unspecified atom stereocenters. The number of hydrogen-bond donors (Lipinski definition) is 2. The Morgan fingerprint density at radius 2 is 2.00 bits per heavy atom. The van der Waals surface area contributed by atoms with Crippen molar-refractivity contribution in [3.05, 3.63) is 54.2 Å². The highest BCUT2D eigenvalue weighted by molar-refractivity contribution is 5.83. The molecule has 4 rings (SSSR count). The normalized spacial score (nSPS) is 11.2. The maximum atomic E-state index is 13.6. The predicted molar refractivity (Wildman–Crippen MR) is 86.8 cm³/mol. The average molecular weight is 324 g/mol. The van der Waals surface area contributed by atoms with Gasteiger partial charge in [-0.15, -0.1) is 0 Å². The van der Waals surface area contributed by atoms with Crippen molar-refractivity contribution >= 4 is 22.7 Å². The van der Waals surface area contributed by atoms with Gasteiger partial charge in [0.15, 0.2) is 11.5 Å². The smallest absolute Gasteiger partial charge is 0.224 e. The molecule has 0 spiro atoms. The van der Waals surface area contributed by atoms with Gasteiger partial charge in [0.25, 0.3) is 0 Å². The first-order valence-corrected chi connectivity index (χ1v) is 7.15. The molecule has 0 bridgehead atoms. The summed E-state index contributed by atoms with van der Waals surface area (Å²) in [4.78, 5) is 8.48. The van der Waals surface area contributed by atoms with Gasteiger partial charge in [-0.25, -0.2) is 13.8 Å². The van der Waals surface area contributed by atoms with Gasteiger partial charge < -0.3 is 11.5 Å². The Labute approximate surface area is 135 Å². The van der Waals surface area contributed by atoms with Crippen LogP contribution in [0.25, 0.3) is 16.9 Å². The highest BCUT2D eigenvalue weighted by Gasteiger charge is 2.14. The van der Waals surface area contributed by atoms with E-state index in [1.165, 1.54) is 12.1 Å². The number of anilines is 2. The van der Waals surface area contributed by atoms with Crippen LogP contribution >= 0.6 is 0 Å². The number of nitrogen functional groups attached to an aromatic ring is 2. The zero-order chi connectivity index (χ0) is 16.7. The zero-order valence-corrected chi connectivity index (χ0v) is 12.5. The number of aromatic nitrogens is 6. The second-order valence-corrected chi connectivity index (χ2v) is 5.25. The third-order valence-corrected chi connectivity index (χ3v) is 3.61. The van der Waals surface area contributed by atoms with Gasteiger partial charge in [0, 0.05) is 12.4 Å². The van der Waals surface area contributed by atoms with Crippen LogP contribution in [-0.4, -0.2) is 29.5 Å². The summed E-state index contributed by atoms with van der Waals surface area (Å²) >= 11 is 0. The highest BCUT2D eigenvalue weighted by Crippen LogP contribution is 2.21. The molecule has 120 valence electrons. The Bertz CT molecular complexity index is 1020. The topological polar surface area (TPSA) is 113 Å². The first-order chi connectivity index (χ1) is 11.6. The average Bonchev–Trinajstić information content (AvgIpc) is 3.21. The molecule has 3 aromatic heterocycles. The molecule has 8 nitrogen and oxygen atoms in total. The van der Waals surface area contributed by atoms with Gasteiger partial charge in [-0.1, -0.05) is 6.07 Å². The lowest BCUT2D eigenvalue weighted by molar-refractivity contribution is 0.625. The molecule has 0 atom stereocenters. The number of benzene rings is 1. The van der Waals surface area contributed by atoms with Crippen molar-refractivity contribution < 1.29 is 4.39 Å². The number of fused-ring (bicyclic) bond motifs is 1. The molecule has 0 saturated carbocycles. The molecule has 0 aliphatic rings. The molecule has 1 aromatic carbocycles. The van der Waals surface area contributed by atoms with E-state index in [0.29, 0.717) is 29.0 Å². The minimum Gasteiger partial charge on any atom is -0.396 e. The molecule has 24 heavy (non-hydrogen) atoms. The molecule has 4 N–H and O–H groups in total. The standard InChI is InChI=1S/C15H13FN8/c16-11-6-9(2-3-12(11)17)8-24-14-10(7-20-24)13(21-15(18)22-14)23-5-1-4-19-23/h1-7H,8,17H2,(H2,18,21,22). The summed E-state index contributed by atoms with van der Waals surface area (Å²) in [5.74, 6) is 0.186. The van der Waals surface area contributed by atoms with Crippen LogP contribution in [0.5, 0.6) is 0 Å². The predicted octanol–water partition coefficient (Wildman–Crippen LogP) is 1.36. The Hall–Kier alpha value is -3.49. The van der Waals surface area contributed by atoms with Gasteiger partial charge >= 0.3 is 0 Å². The van der Waals surface area contributed by atoms with E-state index < -0.39 is 5.82 Å². The maximum Gasteiger partial charge on any atom is 0.224 e. The summed E-state index contributed by atoms with van der Waals surface area (Å²) in [5, 5.41) is 9.18. The van der Waals surface area contributed by atoms with E-state index in [2.05, 4.69) is 20.2 Å². The van der Waals surface area contributed by atoms with Crippen LogP contribution in [0, 0.1) is 5.82 Å². The van der Waals surface area contributed by atoms with Crippen molar-refractivity contribution in [1.29, 1.82) is 0 Å². The van der Waals surface area contributed by atoms with E-state index in [4.69, 9.17) is 11.5 Å². The Morgan fingerprint density at radius 1 is 1.12 bits per heavy atom. The van der Waals surface area contributed by atoms with Crippen molar-refractivity contribution in [2.75, 3.05) is 11.5 Å². The van der Waals surface area contributed by atoms with E-state index in [1.807, 2.05) is 0 Å². The summed E-state index contributed by atoms with van der Waals surface area (Å²) in [7, 11) is 0. The van der Waals surface area contributed by atoms with E-state index in [0.717, 1.165) is 0 Å². The van der Waals surface area contributed by atoms with Gasteiger partial charge in [-0.2, -0.15) is 20.2 Å². The largest absolute Gasteiger partial charge is 0.396 e. The summed E-state index contributed by atoms with van der Waals surface area (Å²) in [6, 6.07) is 6.42. The van der Waals surface area contributed by atoms with Crippen LogP contribution in [-0.2, 0) is 6.54 Å². The molecule has 0 aliphatic carbocycles. The van der Waals surface area contributed by atoms with Crippen LogP contribution in [0.3, 0.4) is 0 Å². The monoisotopic (exact) mass is 324 g/mol. The molecular weight excluding hydrogens is 311 g/mol. The number of nitrogens with zero attached hydrogens (tertiary/aromatic N) is 6. The van der Waals surface area contributed by atoms with Crippen molar-refractivity contribution in [1.82, 2.24) is 29.5 Å². The van der Waals surface area contributed by atoms with Gasteiger partial charge in [0.05, 0.1) is 23.8 Å². The fraction of sp³-hybridized carbons (Fsp3) is 0.0667. The van der Waals surface area contributed by atoms with Gasteiger partial charge in [-0.05, 0) is 23.8 Å². The quantitative estimate of drug-likeness (QED) is 0.550. The number of nitrogens with two attached hydrogens (primary N) is 2. The fourth-order valence-electron chi connectivity index (χ4n) is 2.48. The first-order valence-electron chi connectivity index (χ1n) is 7.15. The highest BCUT2D eigenvalue weighted by atomic mass is 19.1. The molecular formula is C15H13FN8. The van der Waals surface area contributed by atoms with Gasteiger partial charge in [-0.3, -0.25) is 0 Å². The Balaban J connectivity index is 1.81. The number of hydrogen-bond acceptors (Lipinski definition) is 6. The molecule has 9 heteroatoms. The minimum atomic E-state index is -0.463. The first kappa shape index (κ1) is 14.1. The van der Waals surface area contributed by atoms with Crippen molar-refractivity contribution in [2.24, 2.45) is 0 Å². The van der Waals surface area contributed by atoms with Crippen molar-refractivity contribution in [3.63, 3.8) is 0 Å². The summed E-state index contributed by atoms with van der Waals surface area (Å²) in [6.07, 6.45) is 5.04. The van der Waals surface area contributed by atoms with Gasteiger partial charge in [0.1, 0.15) is 5.82 Å². The molecule has 4 aromatic rings. The Morgan fingerprint density at radius 3 is 2.75 bits per heavy atom. The van der Waals surface area contributed by atoms with Gasteiger partial charge in [0.2, 0.25) is 5.95 Å². The molecule has 0 aliphatic heterocycles. The number of rotatable bonds is 3. The third kappa shape index (κ3) is 2.32. The van der Waals surface area contributed by atoms with E-state index in [9.17, 15) is 4.39 Å². The lowest BCUT2D eigenvalue weighted by Gasteiger charge is -2.07. The van der Waals surface area contributed by atoms with Crippen LogP contribution < -0.4 is 11.5 Å². The fourth-order valence-corrected chi connectivity index (χ4v) is 2.48. The van der Waals surface area contributed by atoms with Crippen molar-refractivity contribution in [3.8, 4) is 5.82 Å². The summed E-state index contributed by atoms with van der Waals surface area (Å²) in [6.45, 7) is 0.329. The van der Waals surface area contributed by atoms with Crippen molar-refractivity contribution in [2.45, 2.75) is 6.54 Å². The summed E-state index contributed by atoms with van der Waals surface area (Å²) < 4.78 is 16.8. The SMILES string of the molecule is Nc1nc(-n2cccn2)c2cnn(Cc3ccc(N)c(F)c3)c2n1. The Kier molecular flexibility index (Phi) is 3.12. The van der Waals surface area contributed by atoms with Crippen LogP contribution in [0.4, 0.5) is 16.0 Å². The maximum absolute atomic E-state index is 13.6. The lowest BCUT2D eigenvalue weighted by atomic mass is 10.2. The molecule has 0 fully saturated rings. The van der Waals surface area contributed by atoms with Crippen LogP contribution in [0.1, 0.15) is 5.56 Å². The van der Waals surface area contributed by atoms with Crippen LogP contribution in [0.15, 0.2) is 42.9 Å². The second kappa shape index (κ2) is 5.30. The van der Waals surface area contributed by atoms with E-state index in [-0.39, 0.29) is 11.6 Å². The van der Waals surface area contributed by atoms with E-state index >= 15 is 0 Å².